The van der Waals surface area contributed by atoms with Crippen LogP contribution in [0.3, 0.4) is 0 Å². The van der Waals surface area contributed by atoms with Crippen molar-refractivity contribution in [3.05, 3.63) is 23.8 Å². The number of methoxy groups -OCH3 is 1. The molecule has 116 valence electrons. The molecule has 0 fully saturated rings. The van der Waals surface area contributed by atoms with Crippen LogP contribution in [0, 0.1) is 0 Å². The molecule has 21 heavy (non-hydrogen) atoms. The molecule has 0 bridgehead atoms. The molecule has 2 rings (SSSR count). The highest BCUT2D eigenvalue weighted by atomic mass is 16.6. The van der Waals surface area contributed by atoms with E-state index in [1.807, 2.05) is 25.2 Å². The normalized spacial score (nSPS) is 20.9. The standard InChI is InChI=1S/C16H23NO4/c1-10(15(18)19-5)20-11-6-7-12-13(17-4)9-16(2,3)21-14(12)8-11/h6-8,10,13,17H,9H2,1-5H3. The van der Waals surface area contributed by atoms with Gasteiger partial charge in [0.2, 0.25) is 0 Å². The molecule has 0 saturated heterocycles. The first-order valence-corrected chi connectivity index (χ1v) is 7.11. The summed E-state index contributed by atoms with van der Waals surface area (Å²) in [5.74, 6) is 0.987. The van der Waals surface area contributed by atoms with Crippen LogP contribution in [0.4, 0.5) is 0 Å². The summed E-state index contributed by atoms with van der Waals surface area (Å²) >= 11 is 0. The minimum absolute atomic E-state index is 0.243. The number of hydrogen-bond acceptors (Lipinski definition) is 5. The predicted octanol–water partition coefficient (Wildman–Crippen LogP) is 2.45. The molecular weight excluding hydrogens is 270 g/mol. The van der Waals surface area contributed by atoms with Crippen LogP contribution in [0.25, 0.3) is 0 Å². The van der Waals surface area contributed by atoms with Gasteiger partial charge in [-0.3, -0.25) is 0 Å². The second-order valence-electron chi connectivity index (χ2n) is 5.89. The van der Waals surface area contributed by atoms with Crippen molar-refractivity contribution in [3.63, 3.8) is 0 Å². The van der Waals surface area contributed by atoms with Crippen molar-refractivity contribution in [1.29, 1.82) is 0 Å². The minimum Gasteiger partial charge on any atom is -0.487 e. The lowest BCUT2D eigenvalue weighted by Gasteiger charge is -2.37. The Morgan fingerprint density at radius 3 is 2.81 bits per heavy atom. The monoisotopic (exact) mass is 293 g/mol. The smallest absolute Gasteiger partial charge is 0.346 e. The number of benzene rings is 1. The first-order chi connectivity index (χ1) is 9.86. The van der Waals surface area contributed by atoms with Crippen molar-refractivity contribution in [1.82, 2.24) is 5.32 Å². The van der Waals surface area contributed by atoms with Crippen molar-refractivity contribution in [2.24, 2.45) is 0 Å². The summed E-state index contributed by atoms with van der Waals surface area (Å²) in [6.45, 7) is 5.78. The van der Waals surface area contributed by atoms with E-state index < -0.39 is 12.1 Å². The van der Waals surface area contributed by atoms with E-state index in [2.05, 4.69) is 23.9 Å². The molecule has 1 aromatic carbocycles. The van der Waals surface area contributed by atoms with Gasteiger partial charge in [0.1, 0.15) is 17.1 Å². The summed E-state index contributed by atoms with van der Waals surface area (Å²) in [6.07, 6.45) is 0.250. The number of fused-ring (bicyclic) bond motifs is 1. The lowest BCUT2D eigenvalue weighted by molar-refractivity contribution is -0.147. The van der Waals surface area contributed by atoms with E-state index in [0.29, 0.717) is 5.75 Å². The Hall–Kier alpha value is -1.75. The maximum absolute atomic E-state index is 11.4. The summed E-state index contributed by atoms with van der Waals surface area (Å²) in [6, 6.07) is 5.91. The summed E-state index contributed by atoms with van der Waals surface area (Å²) in [5.41, 5.74) is 0.864. The number of carbonyl (C=O) groups excluding carboxylic acids is 1. The molecule has 1 heterocycles. The van der Waals surface area contributed by atoms with Crippen LogP contribution >= 0.6 is 0 Å². The molecule has 2 atom stereocenters. The van der Waals surface area contributed by atoms with E-state index in [-0.39, 0.29) is 11.6 Å². The van der Waals surface area contributed by atoms with E-state index in [1.54, 1.807) is 6.92 Å². The Morgan fingerprint density at radius 1 is 1.48 bits per heavy atom. The molecular formula is C16H23NO4. The fourth-order valence-corrected chi connectivity index (χ4v) is 2.58. The molecule has 0 spiro atoms. The minimum atomic E-state index is -0.648. The van der Waals surface area contributed by atoms with Crippen LogP contribution in [-0.2, 0) is 9.53 Å². The Kier molecular flexibility index (Phi) is 4.42. The molecule has 0 amide bonds. The van der Waals surface area contributed by atoms with Crippen LogP contribution in [0.5, 0.6) is 11.5 Å². The van der Waals surface area contributed by atoms with Crippen molar-refractivity contribution in [3.8, 4) is 11.5 Å². The fraction of sp³-hybridized carbons (Fsp3) is 0.562. The van der Waals surface area contributed by atoms with Gasteiger partial charge in [-0.1, -0.05) is 6.07 Å². The molecule has 0 saturated carbocycles. The summed E-state index contributed by atoms with van der Waals surface area (Å²) in [5, 5.41) is 3.31. The molecule has 0 radical (unpaired) electrons. The Balaban J connectivity index is 2.24. The van der Waals surface area contributed by atoms with Gasteiger partial charge in [-0.25, -0.2) is 4.79 Å². The van der Waals surface area contributed by atoms with Crippen LogP contribution in [0.2, 0.25) is 0 Å². The van der Waals surface area contributed by atoms with Crippen LogP contribution < -0.4 is 14.8 Å². The largest absolute Gasteiger partial charge is 0.487 e. The van der Waals surface area contributed by atoms with Crippen molar-refractivity contribution in [2.45, 2.75) is 44.9 Å². The maximum atomic E-state index is 11.4. The highest BCUT2D eigenvalue weighted by Gasteiger charge is 2.33. The van der Waals surface area contributed by atoms with Crippen LogP contribution in [0.1, 0.15) is 38.8 Å². The first kappa shape index (κ1) is 15.6. The Labute approximate surface area is 125 Å². The van der Waals surface area contributed by atoms with Gasteiger partial charge in [0, 0.05) is 24.1 Å². The highest BCUT2D eigenvalue weighted by molar-refractivity contribution is 5.74. The third kappa shape index (κ3) is 3.47. The molecule has 2 unspecified atom stereocenters. The molecule has 1 aliphatic rings. The third-order valence-corrected chi connectivity index (χ3v) is 3.64. The van der Waals surface area contributed by atoms with Gasteiger partial charge in [-0.2, -0.15) is 0 Å². The van der Waals surface area contributed by atoms with E-state index in [4.69, 9.17) is 9.47 Å². The second-order valence-corrected chi connectivity index (χ2v) is 5.89. The lowest BCUT2D eigenvalue weighted by atomic mass is 9.90. The van der Waals surface area contributed by atoms with Gasteiger partial charge in [0.25, 0.3) is 0 Å². The van der Waals surface area contributed by atoms with Gasteiger partial charge in [-0.15, -0.1) is 0 Å². The van der Waals surface area contributed by atoms with Crippen LogP contribution in [0.15, 0.2) is 18.2 Å². The SMILES string of the molecule is CNC1CC(C)(C)Oc2cc(OC(C)C(=O)OC)ccc21. The number of hydrogen-bond donors (Lipinski definition) is 1. The van der Waals surface area contributed by atoms with E-state index >= 15 is 0 Å². The second kappa shape index (κ2) is 5.93. The quantitative estimate of drug-likeness (QED) is 0.864. The topological polar surface area (TPSA) is 56.8 Å². The van der Waals surface area contributed by atoms with E-state index in [1.165, 1.54) is 7.11 Å². The van der Waals surface area contributed by atoms with Gasteiger partial charge in [-0.05, 0) is 33.9 Å². The third-order valence-electron chi connectivity index (χ3n) is 3.64. The lowest BCUT2D eigenvalue weighted by Crippen LogP contribution is -2.38. The molecule has 1 N–H and O–H groups in total. The van der Waals surface area contributed by atoms with Gasteiger partial charge >= 0.3 is 5.97 Å². The van der Waals surface area contributed by atoms with Crippen molar-refractivity contribution in [2.75, 3.05) is 14.2 Å². The summed E-state index contributed by atoms with van der Waals surface area (Å²) in [4.78, 5) is 11.4. The number of rotatable bonds is 4. The zero-order valence-corrected chi connectivity index (χ0v) is 13.2. The number of ether oxygens (including phenoxy) is 3. The average Bonchev–Trinajstić information content (AvgIpc) is 2.43. The average molecular weight is 293 g/mol. The Bertz CT molecular complexity index is 527. The van der Waals surface area contributed by atoms with E-state index in [0.717, 1.165) is 17.7 Å². The summed E-state index contributed by atoms with van der Waals surface area (Å²) in [7, 11) is 3.29. The summed E-state index contributed by atoms with van der Waals surface area (Å²) < 4.78 is 16.3. The van der Waals surface area contributed by atoms with Gasteiger partial charge in [0.15, 0.2) is 6.10 Å². The van der Waals surface area contributed by atoms with E-state index in [9.17, 15) is 4.79 Å². The maximum Gasteiger partial charge on any atom is 0.346 e. The zero-order valence-electron chi connectivity index (χ0n) is 13.2. The van der Waals surface area contributed by atoms with Gasteiger partial charge in [0.05, 0.1) is 7.11 Å². The van der Waals surface area contributed by atoms with Crippen LogP contribution in [-0.4, -0.2) is 31.8 Å². The molecule has 5 nitrogen and oxygen atoms in total. The number of carbonyl (C=O) groups is 1. The molecule has 1 aliphatic heterocycles. The highest BCUT2D eigenvalue weighted by Crippen LogP contribution is 2.41. The van der Waals surface area contributed by atoms with Crippen molar-refractivity contribution >= 4 is 5.97 Å². The molecule has 1 aromatic rings. The zero-order chi connectivity index (χ0) is 15.6. The molecule has 0 aliphatic carbocycles. The number of nitrogens with one attached hydrogen (secondary N) is 1. The number of esters is 1. The van der Waals surface area contributed by atoms with Gasteiger partial charge < -0.3 is 19.5 Å². The molecule has 0 aromatic heterocycles. The van der Waals surface area contributed by atoms with Crippen molar-refractivity contribution < 1.29 is 19.0 Å². The first-order valence-electron chi connectivity index (χ1n) is 7.11. The molecule has 5 heteroatoms. The Morgan fingerprint density at radius 2 is 2.19 bits per heavy atom. The predicted molar refractivity (Wildman–Crippen MR) is 79.7 cm³/mol. The fourth-order valence-electron chi connectivity index (χ4n) is 2.58.